The highest BCUT2D eigenvalue weighted by Crippen LogP contribution is 2.24. The number of Topliss-reactive ketones (excluding diaryl/α,β-unsaturated/α-hetero) is 1. The fourth-order valence-electron chi connectivity index (χ4n) is 3.05. The number of anilines is 1. The number of aromatic nitrogens is 2. The monoisotopic (exact) mass is 344 g/mol. The predicted octanol–water partition coefficient (Wildman–Crippen LogP) is 3.28. The van der Waals surface area contributed by atoms with E-state index in [0.29, 0.717) is 31.1 Å². The Balaban J connectivity index is 1.58. The number of hydrogen-bond donors (Lipinski definition) is 1. The lowest BCUT2D eigenvalue weighted by Crippen LogP contribution is -2.42. The number of nitrogens with one attached hydrogen (secondary N) is 1. The molecule has 2 amide bonds. The summed E-state index contributed by atoms with van der Waals surface area (Å²) < 4.78 is 0. The largest absolute Gasteiger partial charge is 0.324 e. The summed E-state index contributed by atoms with van der Waals surface area (Å²) in [7, 11) is 0. The van der Waals surface area contributed by atoms with Crippen molar-refractivity contribution in [2.75, 3.05) is 18.4 Å². The number of rotatable bonds is 3. The van der Waals surface area contributed by atoms with Crippen LogP contribution in [0.2, 0.25) is 0 Å². The molecule has 24 heavy (non-hydrogen) atoms. The Morgan fingerprint density at radius 3 is 2.62 bits per heavy atom. The number of hydrogen-bond acceptors (Lipinski definition) is 5. The Morgan fingerprint density at radius 1 is 1.25 bits per heavy atom. The molecular weight excluding hydrogens is 324 g/mol. The minimum atomic E-state index is -0.177. The minimum Gasteiger partial charge on any atom is -0.324 e. The van der Waals surface area contributed by atoms with Crippen LogP contribution in [0.4, 0.5) is 9.93 Å². The smallest absolute Gasteiger partial charge is 0.323 e. The lowest BCUT2D eigenvalue weighted by molar-refractivity contribution is 0.0858. The van der Waals surface area contributed by atoms with Gasteiger partial charge < -0.3 is 4.90 Å². The van der Waals surface area contributed by atoms with Crippen LogP contribution in [-0.2, 0) is 0 Å². The summed E-state index contributed by atoms with van der Waals surface area (Å²) in [6.45, 7) is 5.15. The first-order valence-electron chi connectivity index (χ1n) is 7.98. The molecule has 1 aliphatic heterocycles. The first-order chi connectivity index (χ1) is 11.5. The third-order valence-corrected chi connectivity index (χ3v) is 4.98. The second-order valence-corrected chi connectivity index (χ2v) is 6.95. The first-order valence-corrected chi connectivity index (χ1v) is 8.86. The van der Waals surface area contributed by atoms with Gasteiger partial charge >= 0.3 is 6.03 Å². The number of piperidine rings is 1. The highest BCUT2D eigenvalue weighted by molar-refractivity contribution is 7.13. The van der Waals surface area contributed by atoms with Gasteiger partial charge in [-0.05, 0) is 32.3 Å². The fraction of sp³-hybridized carbons (Fsp3) is 0.412. The van der Waals surface area contributed by atoms with E-state index in [1.807, 2.05) is 32.0 Å². The number of benzene rings is 1. The van der Waals surface area contributed by atoms with E-state index < -0.39 is 0 Å². The lowest BCUT2D eigenvalue weighted by atomic mass is 9.87. The molecule has 6 nitrogen and oxygen atoms in total. The van der Waals surface area contributed by atoms with Crippen LogP contribution in [0.1, 0.15) is 34.3 Å². The van der Waals surface area contributed by atoms with E-state index in [9.17, 15) is 9.59 Å². The Kier molecular flexibility index (Phi) is 4.89. The molecule has 1 aromatic carbocycles. The zero-order valence-electron chi connectivity index (χ0n) is 13.8. The molecule has 0 aliphatic carbocycles. The van der Waals surface area contributed by atoms with Crippen LogP contribution in [0, 0.1) is 19.8 Å². The van der Waals surface area contributed by atoms with Crippen LogP contribution in [0.3, 0.4) is 0 Å². The molecule has 1 aromatic heterocycles. The highest BCUT2D eigenvalue weighted by atomic mass is 32.1. The van der Waals surface area contributed by atoms with Crippen LogP contribution >= 0.6 is 11.3 Å². The highest BCUT2D eigenvalue weighted by Gasteiger charge is 2.28. The summed E-state index contributed by atoms with van der Waals surface area (Å²) in [4.78, 5) is 26.6. The van der Waals surface area contributed by atoms with Gasteiger partial charge in [-0.2, -0.15) is 0 Å². The number of aryl methyl sites for hydroxylation is 2. The number of nitrogens with zero attached hydrogens (tertiary/aromatic N) is 3. The van der Waals surface area contributed by atoms with Crippen molar-refractivity contribution in [1.82, 2.24) is 15.1 Å². The third kappa shape index (κ3) is 3.62. The normalized spacial score (nSPS) is 15.3. The summed E-state index contributed by atoms with van der Waals surface area (Å²) in [5, 5.41) is 10.7. The van der Waals surface area contributed by atoms with E-state index in [0.717, 1.165) is 16.7 Å². The number of urea groups is 1. The quantitative estimate of drug-likeness (QED) is 0.867. The van der Waals surface area contributed by atoms with Crippen LogP contribution in [0.25, 0.3) is 0 Å². The second kappa shape index (κ2) is 7.09. The van der Waals surface area contributed by atoms with E-state index in [1.165, 1.54) is 11.3 Å². The van der Waals surface area contributed by atoms with Crippen molar-refractivity contribution in [2.24, 2.45) is 5.92 Å². The average molecular weight is 344 g/mol. The molecule has 0 spiro atoms. The van der Waals surface area contributed by atoms with Gasteiger partial charge in [-0.15, -0.1) is 10.2 Å². The van der Waals surface area contributed by atoms with Gasteiger partial charge in [0.05, 0.1) is 0 Å². The molecular formula is C17H20N4O2S. The lowest BCUT2D eigenvalue weighted by Gasteiger charge is -2.31. The zero-order chi connectivity index (χ0) is 17.1. The Bertz CT molecular complexity index is 737. The van der Waals surface area contributed by atoms with Crippen molar-refractivity contribution in [2.45, 2.75) is 26.7 Å². The number of carbonyl (C=O) groups is 2. The Labute approximate surface area is 144 Å². The SMILES string of the molecule is Cc1ccc(C(=O)C2CCN(C(=O)Nc3nncs3)CC2)c(C)c1. The van der Waals surface area contributed by atoms with Gasteiger partial charge in [0.1, 0.15) is 5.51 Å². The number of carbonyl (C=O) groups excluding carboxylic acids is 2. The molecule has 1 fully saturated rings. The van der Waals surface area contributed by atoms with Crippen molar-refractivity contribution >= 4 is 28.3 Å². The summed E-state index contributed by atoms with van der Waals surface area (Å²) in [5.74, 6) is 0.175. The van der Waals surface area contributed by atoms with Crippen LogP contribution in [-0.4, -0.2) is 40.0 Å². The molecule has 0 unspecified atom stereocenters. The molecule has 0 radical (unpaired) electrons. The van der Waals surface area contributed by atoms with Crippen molar-refractivity contribution in [3.8, 4) is 0 Å². The van der Waals surface area contributed by atoms with Crippen molar-refractivity contribution in [1.29, 1.82) is 0 Å². The molecule has 7 heteroatoms. The van der Waals surface area contributed by atoms with Gasteiger partial charge in [-0.3, -0.25) is 10.1 Å². The maximum Gasteiger partial charge on any atom is 0.323 e. The maximum absolute atomic E-state index is 12.7. The van der Waals surface area contributed by atoms with Crippen LogP contribution in [0.5, 0.6) is 0 Å². The van der Waals surface area contributed by atoms with Crippen molar-refractivity contribution < 1.29 is 9.59 Å². The van der Waals surface area contributed by atoms with Gasteiger partial charge in [0.15, 0.2) is 5.78 Å². The van der Waals surface area contributed by atoms with Crippen LogP contribution < -0.4 is 5.32 Å². The topological polar surface area (TPSA) is 75.2 Å². The molecule has 0 bridgehead atoms. The second-order valence-electron chi connectivity index (χ2n) is 6.12. The number of ketones is 1. The summed E-state index contributed by atoms with van der Waals surface area (Å²) >= 11 is 1.29. The summed E-state index contributed by atoms with van der Waals surface area (Å²) in [6, 6.07) is 5.76. The third-order valence-electron chi connectivity index (χ3n) is 4.37. The van der Waals surface area contributed by atoms with Gasteiger partial charge in [0.25, 0.3) is 0 Å². The number of likely N-dealkylation sites (tertiary alicyclic amines) is 1. The summed E-state index contributed by atoms with van der Waals surface area (Å²) in [5.41, 5.74) is 4.56. The Morgan fingerprint density at radius 2 is 2.00 bits per heavy atom. The van der Waals surface area contributed by atoms with E-state index in [-0.39, 0.29) is 17.7 Å². The molecule has 1 aliphatic rings. The maximum atomic E-state index is 12.7. The standard InChI is InChI=1S/C17H20N4O2S/c1-11-3-4-14(12(2)9-11)15(22)13-5-7-21(8-6-13)17(23)19-16-20-18-10-24-16/h3-4,9-10,13H,5-8H2,1-2H3,(H,19,20,23). The van der Waals surface area contributed by atoms with Gasteiger partial charge in [-0.1, -0.05) is 35.1 Å². The molecule has 126 valence electrons. The van der Waals surface area contributed by atoms with Gasteiger partial charge in [0, 0.05) is 24.6 Å². The minimum absolute atomic E-state index is 0.0167. The molecule has 1 N–H and O–H groups in total. The zero-order valence-corrected chi connectivity index (χ0v) is 14.6. The molecule has 0 atom stereocenters. The molecule has 1 saturated heterocycles. The molecule has 2 aromatic rings. The van der Waals surface area contributed by atoms with Crippen molar-refractivity contribution in [3.63, 3.8) is 0 Å². The predicted molar refractivity (Wildman–Crippen MR) is 93.5 cm³/mol. The molecule has 0 saturated carbocycles. The van der Waals surface area contributed by atoms with Crippen LogP contribution in [0.15, 0.2) is 23.7 Å². The van der Waals surface area contributed by atoms with Gasteiger partial charge in [-0.25, -0.2) is 4.79 Å². The molecule has 2 heterocycles. The summed E-state index contributed by atoms with van der Waals surface area (Å²) in [6.07, 6.45) is 1.38. The van der Waals surface area contributed by atoms with E-state index in [1.54, 1.807) is 10.4 Å². The van der Waals surface area contributed by atoms with Gasteiger partial charge in [0.2, 0.25) is 5.13 Å². The fourth-order valence-corrected chi connectivity index (χ4v) is 3.49. The molecule has 3 rings (SSSR count). The van der Waals surface area contributed by atoms with E-state index >= 15 is 0 Å². The van der Waals surface area contributed by atoms with Crippen molar-refractivity contribution in [3.05, 3.63) is 40.4 Å². The number of amides is 2. The van der Waals surface area contributed by atoms with E-state index in [2.05, 4.69) is 15.5 Å². The first kappa shape index (κ1) is 16.6. The average Bonchev–Trinajstić information content (AvgIpc) is 3.07. The van der Waals surface area contributed by atoms with E-state index in [4.69, 9.17) is 0 Å². The Hall–Kier alpha value is -2.28.